The maximum atomic E-state index is 13.0. The molecule has 45 heavy (non-hydrogen) atoms. The Morgan fingerprint density at radius 1 is 0.956 bits per heavy atom. The third kappa shape index (κ3) is 9.19. The van der Waals surface area contributed by atoms with E-state index in [2.05, 4.69) is 6.92 Å². The highest BCUT2D eigenvalue weighted by molar-refractivity contribution is 7.84. The predicted octanol–water partition coefficient (Wildman–Crippen LogP) is 8.16. The standard InChI is InChI=1S/C32H47F5O6S2/c1-30-17-15-26-25-12-11-24(43-45(40,41)42)21-23(25)20-22(29(26)27(30)13-14-28(30)38)10-7-5-3-2-4-6-8-18-44(39)19-9-16-31(33,34)32(35,36)37/h11-12,21-22,26-29,38H,2-10,13-20H2,1H3,(H,40,41,42)/t22-,26-,27+,28-,29+,30-,44?/m0/s1. The summed E-state index contributed by atoms with van der Waals surface area (Å²) in [6.07, 6.45) is 4.57. The normalized spacial score (nSPS) is 29.1. The number of hydrogen-bond acceptors (Lipinski definition) is 5. The van der Waals surface area contributed by atoms with Crippen LogP contribution in [0.5, 0.6) is 5.75 Å². The molecule has 0 amide bonds. The third-order valence-corrected chi connectivity index (χ3v) is 12.6. The quantitative estimate of drug-likeness (QED) is 0.103. The lowest BCUT2D eigenvalue weighted by molar-refractivity contribution is -0.284. The number of alkyl halides is 5. The first kappa shape index (κ1) is 36.5. The fraction of sp³-hybridized carbons (Fsp3) is 0.812. The van der Waals surface area contributed by atoms with E-state index < -0.39 is 46.1 Å². The predicted molar refractivity (Wildman–Crippen MR) is 163 cm³/mol. The van der Waals surface area contributed by atoms with Gasteiger partial charge >= 0.3 is 22.5 Å². The number of halogens is 5. The SMILES string of the molecule is C[C@]12CC[C@H]3c4ccc(OS(=O)(=O)O)cc4C[C@H](CCCCCCCCCS(=O)CCCC(F)(F)C(F)(F)F)[C@H]3[C@H]1CC[C@@H]2O. The molecule has 0 bridgehead atoms. The Kier molecular flexibility index (Phi) is 12.1. The number of fused-ring (bicyclic) bond motifs is 5. The van der Waals surface area contributed by atoms with Crippen LogP contribution in [0.4, 0.5) is 22.0 Å². The fourth-order valence-electron chi connectivity index (χ4n) is 8.45. The van der Waals surface area contributed by atoms with E-state index in [0.717, 1.165) is 82.6 Å². The summed E-state index contributed by atoms with van der Waals surface area (Å²) in [6.45, 7) is 2.24. The molecule has 0 spiro atoms. The lowest BCUT2D eigenvalue weighted by Gasteiger charge is -2.53. The molecule has 258 valence electrons. The van der Waals surface area contributed by atoms with Crippen LogP contribution in [-0.2, 0) is 27.6 Å². The molecule has 0 radical (unpaired) electrons. The van der Waals surface area contributed by atoms with Crippen molar-refractivity contribution in [1.82, 2.24) is 0 Å². The minimum Gasteiger partial charge on any atom is -0.393 e. The second-order valence-corrected chi connectivity index (χ2v) is 16.4. The van der Waals surface area contributed by atoms with Gasteiger partial charge in [-0.1, -0.05) is 51.5 Å². The van der Waals surface area contributed by atoms with Gasteiger partial charge in [0.05, 0.1) is 6.10 Å². The van der Waals surface area contributed by atoms with Gasteiger partial charge in [0.2, 0.25) is 0 Å². The number of rotatable bonds is 16. The van der Waals surface area contributed by atoms with Gasteiger partial charge in [-0.2, -0.15) is 30.4 Å². The van der Waals surface area contributed by atoms with Gasteiger partial charge in [-0.05, 0) is 104 Å². The summed E-state index contributed by atoms with van der Waals surface area (Å²) in [6, 6.07) is 5.30. The minimum atomic E-state index is -5.57. The summed E-state index contributed by atoms with van der Waals surface area (Å²) < 4.78 is 111. The average molecular weight is 687 g/mol. The van der Waals surface area contributed by atoms with Crippen LogP contribution in [0.1, 0.15) is 114 Å². The van der Waals surface area contributed by atoms with Gasteiger partial charge in [0, 0.05) is 28.7 Å². The Morgan fingerprint density at radius 2 is 1.60 bits per heavy atom. The van der Waals surface area contributed by atoms with Gasteiger partial charge < -0.3 is 9.29 Å². The van der Waals surface area contributed by atoms with E-state index in [1.165, 1.54) is 5.56 Å². The Bertz CT molecular complexity index is 1270. The van der Waals surface area contributed by atoms with E-state index in [1.807, 2.05) is 6.07 Å². The van der Waals surface area contributed by atoms with Crippen LogP contribution in [0.25, 0.3) is 0 Å². The van der Waals surface area contributed by atoms with E-state index in [1.54, 1.807) is 12.1 Å². The van der Waals surface area contributed by atoms with Crippen molar-refractivity contribution in [1.29, 1.82) is 0 Å². The van der Waals surface area contributed by atoms with Crippen LogP contribution in [0, 0.1) is 23.2 Å². The van der Waals surface area contributed by atoms with E-state index in [9.17, 15) is 39.7 Å². The molecule has 7 atom stereocenters. The van der Waals surface area contributed by atoms with Crippen molar-refractivity contribution in [3.63, 3.8) is 0 Å². The first-order valence-corrected chi connectivity index (χ1v) is 19.1. The lowest BCUT2D eigenvalue weighted by atomic mass is 9.52. The van der Waals surface area contributed by atoms with Crippen LogP contribution in [0.2, 0.25) is 0 Å². The number of aliphatic hydroxyl groups excluding tert-OH is 1. The van der Waals surface area contributed by atoms with Gasteiger partial charge in [-0.15, -0.1) is 0 Å². The summed E-state index contributed by atoms with van der Waals surface area (Å²) in [5.41, 5.74) is 2.21. The van der Waals surface area contributed by atoms with E-state index in [4.69, 9.17) is 8.74 Å². The monoisotopic (exact) mass is 686 g/mol. The highest BCUT2D eigenvalue weighted by Crippen LogP contribution is 2.62. The number of aliphatic hydroxyl groups is 1. The van der Waals surface area contributed by atoms with Crippen LogP contribution in [0.3, 0.4) is 0 Å². The van der Waals surface area contributed by atoms with Gasteiger partial charge in [-0.25, -0.2) is 0 Å². The van der Waals surface area contributed by atoms with Crippen molar-refractivity contribution in [2.45, 2.75) is 127 Å². The summed E-state index contributed by atoms with van der Waals surface area (Å²) in [4.78, 5) is 0. The Hall–Kier alpha value is -1.31. The first-order chi connectivity index (χ1) is 21.0. The molecule has 3 aliphatic rings. The maximum Gasteiger partial charge on any atom is 0.453 e. The molecule has 1 aromatic carbocycles. The van der Waals surface area contributed by atoms with E-state index in [0.29, 0.717) is 35.8 Å². The molecule has 4 rings (SSSR count). The molecule has 1 aromatic rings. The van der Waals surface area contributed by atoms with Crippen LogP contribution < -0.4 is 4.18 Å². The average Bonchev–Trinajstić information content (AvgIpc) is 3.24. The largest absolute Gasteiger partial charge is 0.453 e. The summed E-state index contributed by atoms with van der Waals surface area (Å²) in [5, 5.41) is 10.9. The van der Waals surface area contributed by atoms with Crippen molar-refractivity contribution >= 4 is 21.2 Å². The fourth-order valence-corrected chi connectivity index (χ4v) is 9.99. The molecule has 6 nitrogen and oxygen atoms in total. The molecule has 2 saturated carbocycles. The van der Waals surface area contributed by atoms with Gasteiger partial charge in [0.1, 0.15) is 5.75 Å². The molecule has 0 aliphatic heterocycles. The van der Waals surface area contributed by atoms with Gasteiger partial charge in [-0.3, -0.25) is 8.76 Å². The zero-order chi connectivity index (χ0) is 33.0. The minimum absolute atomic E-state index is 0.0806. The number of unbranched alkanes of at least 4 members (excludes halogenated alkanes) is 6. The van der Waals surface area contributed by atoms with Crippen LogP contribution in [-0.4, -0.2) is 52.0 Å². The molecular formula is C32H47F5O6S2. The zero-order valence-electron chi connectivity index (χ0n) is 25.9. The van der Waals surface area contributed by atoms with E-state index in [-0.39, 0.29) is 23.0 Å². The Labute approximate surface area is 266 Å². The van der Waals surface area contributed by atoms with Crippen molar-refractivity contribution in [2.75, 3.05) is 11.5 Å². The maximum absolute atomic E-state index is 13.0. The number of hydrogen-bond donors (Lipinski definition) is 2. The van der Waals surface area contributed by atoms with Gasteiger partial charge in [0.25, 0.3) is 0 Å². The van der Waals surface area contributed by atoms with Crippen molar-refractivity contribution in [2.24, 2.45) is 23.2 Å². The molecule has 3 aliphatic carbocycles. The smallest absolute Gasteiger partial charge is 0.393 e. The summed E-state index contributed by atoms with van der Waals surface area (Å²) in [5.74, 6) is -2.84. The van der Waals surface area contributed by atoms with Crippen molar-refractivity contribution in [3.05, 3.63) is 29.3 Å². The molecule has 2 N–H and O–H groups in total. The second kappa shape index (κ2) is 14.8. The molecule has 0 aromatic heterocycles. The van der Waals surface area contributed by atoms with Crippen LogP contribution >= 0.6 is 0 Å². The molecule has 1 unspecified atom stereocenters. The summed E-state index contributed by atoms with van der Waals surface area (Å²) >= 11 is 0. The third-order valence-electron chi connectivity index (χ3n) is 10.7. The Morgan fingerprint density at radius 3 is 2.27 bits per heavy atom. The molecule has 0 heterocycles. The highest BCUT2D eigenvalue weighted by Gasteiger charge is 2.57. The second-order valence-electron chi connectivity index (χ2n) is 13.7. The molecule has 2 fully saturated rings. The van der Waals surface area contributed by atoms with Crippen LogP contribution in [0.15, 0.2) is 18.2 Å². The summed E-state index contributed by atoms with van der Waals surface area (Å²) in [7, 11) is -6.01. The van der Waals surface area contributed by atoms with E-state index >= 15 is 0 Å². The molecular weight excluding hydrogens is 639 g/mol. The van der Waals surface area contributed by atoms with Crippen molar-refractivity contribution < 1.29 is 48.4 Å². The zero-order valence-corrected chi connectivity index (χ0v) is 27.5. The van der Waals surface area contributed by atoms with Crippen molar-refractivity contribution in [3.8, 4) is 5.75 Å². The molecule has 13 heteroatoms. The lowest BCUT2D eigenvalue weighted by Crippen LogP contribution is -2.47. The first-order valence-electron chi connectivity index (χ1n) is 16.3. The highest BCUT2D eigenvalue weighted by atomic mass is 32.3. The van der Waals surface area contributed by atoms with Gasteiger partial charge in [0.15, 0.2) is 0 Å². The number of benzene rings is 1. The Balaban J connectivity index is 1.22. The molecule has 0 saturated heterocycles. The topological polar surface area (TPSA) is 101 Å².